The van der Waals surface area contributed by atoms with Crippen molar-refractivity contribution in [2.45, 2.75) is 11.8 Å². The van der Waals surface area contributed by atoms with E-state index in [9.17, 15) is 17.2 Å². The molecule has 6 nitrogen and oxygen atoms in total. The molecule has 0 amide bonds. The lowest BCUT2D eigenvalue weighted by atomic mass is 10.3. The molecular formula is C11H12F2N4O2S. The third kappa shape index (κ3) is 2.44. The van der Waals surface area contributed by atoms with Crippen LogP contribution in [-0.2, 0) is 17.1 Å². The Kier molecular flexibility index (Phi) is 3.38. The van der Waals surface area contributed by atoms with Crippen LogP contribution >= 0.6 is 0 Å². The third-order valence-electron chi connectivity index (χ3n) is 2.70. The lowest BCUT2D eigenvalue weighted by Crippen LogP contribution is -2.16. The van der Waals surface area contributed by atoms with Crippen molar-refractivity contribution >= 4 is 21.5 Å². The highest BCUT2D eigenvalue weighted by Crippen LogP contribution is 2.24. The third-order valence-corrected chi connectivity index (χ3v) is 4.04. The molecule has 0 aliphatic carbocycles. The van der Waals surface area contributed by atoms with Crippen molar-refractivity contribution in [3.63, 3.8) is 0 Å². The molecule has 0 bridgehead atoms. The molecule has 0 aliphatic heterocycles. The summed E-state index contributed by atoms with van der Waals surface area (Å²) in [7, 11) is -2.58. The summed E-state index contributed by atoms with van der Waals surface area (Å²) >= 11 is 0. The minimum absolute atomic E-state index is 0.0623. The van der Waals surface area contributed by atoms with E-state index in [-0.39, 0.29) is 11.5 Å². The normalized spacial score (nSPS) is 11.6. The number of anilines is 2. The Hall–Kier alpha value is -2.16. The lowest BCUT2D eigenvalue weighted by Gasteiger charge is -2.09. The average Bonchev–Trinajstić information content (AvgIpc) is 2.59. The second-order valence-corrected chi connectivity index (χ2v) is 5.84. The molecule has 0 saturated heterocycles. The molecule has 1 aromatic heterocycles. The zero-order valence-electron chi connectivity index (χ0n) is 10.7. The number of nitrogen functional groups attached to an aromatic ring is 1. The van der Waals surface area contributed by atoms with Gasteiger partial charge in [-0.25, -0.2) is 21.9 Å². The summed E-state index contributed by atoms with van der Waals surface area (Å²) in [6.07, 6.45) is 0. The predicted molar refractivity (Wildman–Crippen MR) is 69.5 cm³/mol. The summed E-state index contributed by atoms with van der Waals surface area (Å²) in [5, 5.41) is 3.95. The van der Waals surface area contributed by atoms with Gasteiger partial charge < -0.3 is 5.73 Å². The van der Waals surface area contributed by atoms with Gasteiger partial charge in [-0.15, -0.1) is 0 Å². The topological polar surface area (TPSA) is 90.0 Å². The summed E-state index contributed by atoms with van der Waals surface area (Å²) in [5.41, 5.74) is 6.32. The van der Waals surface area contributed by atoms with Crippen LogP contribution < -0.4 is 10.5 Å². The van der Waals surface area contributed by atoms with Crippen LogP contribution in [0.1, 0.15) is 5.69 Å². The Labute approximate surface area is 114 Å². The van der Waals surface area contributed by atoms with Gasteiger partial charge in [-0.2, -0.15) is 5.10 Å². The highest BCUT2D eigenvalue weighted by molar-refractivity contribution is 7.92. The smallest absolute Gasteiger partial charge is 0.263 e. The Bertz CT molecular complexity index is 771. The van der Waals surface area contributed by atoms with E-state index in [0.29, 0.717) is 11.8 Å². The van der Waals surface area contributed by atoms with E-state index in [4.69, 9.17) is 5.73 Å². The van der Waals surface area contributed by atoms with E-state index >= 15 is 0 Å². The number of aryl methyl sites for hydroxylation is 2. The molecule has 0 unspecified atom stereocenters. The van der Waals surface area contributed by atoms with Crippen LogP contribution in [0.25, 0.3) is 0 Å². The number of nitrogens with one attached hydrogen (secondary N) is 1. The van der Waals surface area contributed by atoms with Crippen molar-refractivity contribution in [1.29, 1.82) is 0 Å². The minimum Gasteiger partial charge on any atom is -0.394 e. The largest absolute Gasteiger partial charge is 0.394 e. The van der Waals surface area contributed by atoms with Crippen LogP contribution in [0.5, 0.6) is 0 Å². The van der Waals surface area contributed by atoms with E-state index in [1.54, 1.807) is 6.92 Å². The van der Waals surface area contributed by atoms with Crippen molar-refractivity contribution in [2.24, 2.45) is 7.05 Å². The summed E-state index contributed by atoms with van der Waals surface area (Å²) in [4.78, 5) is -0.408. The number of nitrogens with two attached hydrogens (primary N) is 1. The molecule has 108 valence electrons. The van der Waals surface area contributed by atoms with Crippen LogP contribution in [0.3, 0.4) is 0 Å². The first-order chi connectivity index (χ1) is 9.22. The summed E-state index contributed by atoms with van der Waals surface area (Å²) in [6.45, 7) is 1.62. The molecule has 2 rings (SSSR count). The van der Waals surface area contributed by atoms with E-state index in [2.05, 4.69) is 9.82 Å². The fourth-order valence-corrected chi connectivity index (χ4v) is 2.75. The summed E-state index contributed by atoms with van der Waals surface area (Å²) in [6, 6.07) is 2.29. The minimum atomic E-state index is -4.08. The van der Waals surface area contributed by atoms with Gasteiger partial charge in [0.1, 0.15) is 0 Å². The lowest BCUT2D eigenvalue weighted by molar-refractivity contribution is 0.504. The number of rotatable bonds is 3. The molecule has 0 saturated carbocycles. The highest BCUT2D eigenvalue weighted by Gasteiger charge is 2.20. The number of halogens is 2. The Morgan fingerprint density at radius 3 is 2.45 bits per heavy atom. The molecule has 0 spiro atoms. The van der Waals surface area contributed by atoms with Crippen molar-refractivity contribution < 1.29 is 17.2 Å². The van der Waals surface area contributed by atoms with E-state index in [0.717, 1.165) is 12.1 Å². The van der Waals surface area contributed by atoms with Crippen molar-refractivity contribution in [1.82, 2.24) is 9.78 Å². The van der Waals surface area contributed by atoms with Gasteiger partial charge in [0.15, 0.2) is 17.5 Å². The molecule has 0 fully saturated rings. The number of hydrogen-bond donors (Lipinski definition) is 2. The van der Waals surface area contributed by atoms with Crippen LogP contribution in [0.2, 0.25) is 0 Å². The van der Waals surface area contributed by atoms with Gasteiger partial charge >= 0.3 is 0 Å². The number of hydrogen-bond acceptors (Lipinski definition) is 4. The van der Waals surface area contributed by atoms with Gasteiger partial charge in [0, 0.05) is 7.05 Å². The highest BCUT2D eigenvalue weighted by atomic mass is 32.2. The van der Waals surface area contributed by atoms with Crippen molar-refractivity contribution in [2.75, 3.05) is 10.5 Å². The van der Waals surface area contributed by atoms with Gasteiger partial charge in [-0.3, -0.25) is 4.72 Å². The first-order valence-electron chi connectivity index (χ1n) is 5.49. The zero-order chi connectivity index (χ0) is 15.1. The second kappa shape index (κ2) is 4.75. The second-order valence-electron chi connectivity index (χ2n) is 4.15. The van der Waals surface area contributed by atoms with E-state index in [1.165, 1.54) is 11.7 Å². The number of sulfonamides is 1. The Morgan fingerprint density at radius 1 is 1.30 bits per heavy atom. The molecule has 9 heteroatoms. The maximum absolute atomic E-state index is 13.1. The quantitative estimate of drug-likeness (QED) is 0.896. The molecule has 2 aromatic rings. The fraction of sp³-hybridized carbons (Fsp3) is 0.182. The van der Waals surface area contributed by atoms with Gasteiger partial charge in [0.05, 0.1) is 16.3 Å². The van der Waals surface area contributed by atoms with Crippen molar-refractivity contribution in [3.05, 3.63) is 35.5 Å². The Balaban J connectivity index is 2.43. The molecule has 0 atom stereocenters. The maximum atomic E-state index is 13.1. The molecule has 1 aromatic carbocycles. The van der Waals surface area contributed by atoms with Crippen molar-refractivity contribution in [3.8, 4) is 0 Å². The average molecular weight is 302 g/mol. The van der Waals surface area contributed by atoms with E-state index < -0.39 is 26.6 Å². The molecule has 1 heterocycles. The number of aromatic nitrogens is 2. The maximum Gasteiger partial charge on any atom is 0.263 e. The Morgan fingerprint density at radius 2 is 1.95 bits per heavy atom. The fourth-order valence-electron chi connectivity index (χ4n) is 1.63. The van der Waals surface area contributed by atoms with Gasteiger partial charge in [-0.05, 0) is 25.1 Å². The standard InChI is InChI=1S/C11H12F2N4O2S/c1-6-10(14)11(17(2)15-6)16-20(18,19)7-3-4-8(12)9(13)5-7/h3-5,16H,14H2,1-2H3. The monoisotopic (exact) mass is 302 g/mol. The van der Waals surface area contributed by atoms with Gasteiger partial charge in [-0.1, -0.05) is 0 Å². The van der Waals surface area contributed by atoms with Crippen LogP contribution in [0.15, 0.2) is 23.1 Å². The summed E-state index contributed by atoms with van der Waals surface area (Å²) < 4.78 is 53.5. The first kappa shape index (κ1) is 14.3. The summed E-state index contributed by atoms with van der Waals surface area (Å²) in [5.74, 6) is -2.31. The van der Waals surface area contributed by atoms with Crippen LogP contribution in [-0.4, -0.2) is 18.2 Å². The van der Waals surface area contributed by atoms with Gasteiger partial charge in [0.25, 0.3) is 10.0 Å². The van der Waals surface area contributed by atoms with E-state index in [1.807, 2.05) is 0 Å². The van der Waals surface area contributed by atoms with Crippen LogP contribution in [0.4, 0.5) is 20.3 Å². The van der Waals surface area contributed by atoms with Crippen LogP contribution in [0, 0.1) is 18.6 Å². The zero-order valence-corrected chi connectivity index (χ0v) is 11.5. The first-order valence-corrected chi connectivity index (χ1v) is 6.97. The molecule has 3 N–H and O–H groups in total. The molecule has 0 aliphatic rings. The number of nitrogens with zero attached hydrogens (tertiary/aromatic N) is 2. The molecular weight excluding hydrogens is 290 g/mol. The predicted octanol–water partition coefficient (Wildman–Crippen LogP) is 1.39. The SMILES string of the molecule is Cc1nn(C)c(NS(=O)(=O)c2ccc(F)c(F)c2)c1N. The number of benzene rings is 1. The van der Waals surface area contributed by atoms with Gasteiger partial charge in [0.2, 0.25) is 0 Å². The molecule has 0 radical (unpaired) electrons. The molecule has 20 heavy (non-hydrogen) atoms.